The number of carbonyl (C=O) groups excluding carboxylic acids is 1. The van der Waals surface area contributed by atoms with Gasteiger partial charge in [0.1, 0.15) is 22.8 Å². The second-order valence-electron chi connectivity index (χ2n) is 4.39. The van der Waals surface area contributed by atoms with E-state index in [0.29, 0.717) is 22.8 Å². The SMILES string of the molecule is COc1cccc(OC)c1C1=N/C(=C/c2ccco2)C(=O)O1. The molecule has 0 N–H and O–H groups in total. The average molecular weight is 299 g/mol. The summed E-state index contributed by atoms with van der Waals surface area (Å²) in [5.41, 5.74) is 0.640. The normalized spacial score (nSPS) is 15.6. The van der Waals surface area contributed by atoms with Crippen molar-refractivity contribution in [3.8, 4) is 11.5 Å². The van der Waals surface area contributed by atoms with E-state index in [1.807, 2.05) is 0 Å². The Bertz CT molecular complexity index is 737. The van der Waals surface area contributed by atoms with Gasteiger partial charge in [0.05, 0.1) is 20.5 Å². The molecule has 0 spiro atoms. The van der Waals surface area contributed by atoms with Gasteiger partial charge in [0.2, 0.25) is 5.90 Å². The van der Waals surface area contributed by atoms with E-state index in [2.05, 4.69) is 4.99 Å². The molecule has 0 aliphatic carbocycles. The molecule has 1 aromatic carbocycles. The fraction of sp³-hybridized carbons (Fsp3) is 0.125. The standard InChI is InChI=1S/C16H13NO5/c1-19-12-6-3-7-13(20-2)14(12)15-17-11(16(18)22-15)9-10-5-4-8-21-10/h3-9H,1-2H3/b11-9+. The average Bonchev–Trinajstić information content (AvgIpc) is 3.17. The number of carbonyl (C=O) groups is 1. The Morgan fingerprint density at radius 3 is 2.41 bits per heavy atom. The molecule has 0 radical (unpaired) electrons. The zero-order valence-electron chi connectivity index (χ0n) is 12.0. The first kappa shape index (κ1) is 13.9. The van der Waals surface area contributed by atoms with Crippen LogP contribution in [0.15, 0.2) is 51.7 Å². The highest BCUT2D eigenvalue weighted by Crippen LogP contribution is 2.32. The minimum absolute atomic E-state index is 0.136. The molecule has 2 heterocycles. The summed E-state index contributed by atoms with van der Waals surface area (Å²) >= 11 is 0. The van der Waals surface area contributed by atoms with Crippen LogP contribution < -0.4 is 9.47 Å². The number of esters is 1. The van der Waals surface area contributed by atoms with E-state index in [1.165, 1.54) is 26.6 Å². The van der Waals surface area contributed by atoms with Crippen LogP contribution in [0.25, 0.3) is 6.08 Å². The van der Waals surface area contributed by atoms with Crippen molar-refractivity contribution in [1.82, 2.24) is 0 Å². The van der Waals surface area contributed by atoms with Crippen molar-refractivity contribution in [3.05, 3.63) is 53.6 Å². The number of methoxy groups -OCH3 is 2. The lowest BCUT2D eigenvalue weighted by molar-refractivity contribution is -0.129. The fourth-order valence-electron chi connectivity index (χ4n) is 2.09. The number of aliphatic imine (C=N–C) groups is 1. The minimum atomic E-state index is -0.556. The van der Waals surface area contributed by atoms with Gasteiger partial charge in [-0.1, -0.05) is 6.07 Å². The number of nitrogens with zero attached hydrogens (tertiary/aromatic N) is 1. The predicted molar refractivity (Wildman–Crippen MR) is 78.9 cm³/mol. The lowest BCUT2D eigenvalue weighted by Crippen LogP contribution is -2.08. The van der Waals surface area contributed by atoms with E-state index in [-0.39, 0.29) is 11.6 Å². The Hall–Kier alpha value is -3.02. The summed E-state index contributed by atoms with van der Waals surface area (Å²) in [6, 6.07) is 8.70. The molecule has 6 nitrogen and oxygen atoms in total. The number of cyclic esters (lactones) is 1. The quantitative estimate of drug-likeness (QED) is 0.641. The van der Waals surface area contributed by atoms with Crippen LogP contribution in [0.2, 0.25) is 0 Å². The van der Waals surface area contributed by atoms with Gasteiger partial charge in [0, 0.05) is 6.08 Å². The highest BCUT2D eigenvalue weighted by molar-refractivity contribution is 6.14. The lowest BCUT2D eigenvalue weighted by atomic mass is 10.1. The molecule has 0 saturated carbocycles. The Balaban J connectivity index is 2.05. The topological polar surface area (TPSA) is 70.3 Å². The van der Waals surface area contributed by atoms with Crippen molar-refractivity contribution < 1.29 is 23.4 Å². The van der Waals surface area contributed by atoms with Gasteiger partial charge in [0.15, 0.2) is 5.70 Å². The summed E-state index contributed by atoms with van der Waals surface area (Å²) in [6.07, 6.45) is 3.03. The Morgan fingerprint density at radius 2 is 1.82 bits per heavy atom. The van der Waals surface area contributed by atoms with Crippen LogP contribution in [0.3, 0.4) is 0 Å². The third-order valence-corrected chi connectivity index (χ3v) is 3.08. The van der Waals surface area contributed by atoms with Crippen LogP contribution >= 0.6 is 0 Å². The minimum Gasteiger partial charge on any atom is -0.496 e. The molecule has 22 heavy (non-hydrogen) atoms. The zero-order valence-corrected chi connectivity index (χ0v) is 12.0. The summed E-state index contributed by atoms with van der Waals surface area (Å²) in [5, 5.41) is 0. The molecule has 112 valence electrons. The van der Waals surface area contributed by atoms with Crippen molar-refractivity contribution in [2.45, 2.75) is 0 Å². The maximum absolute atomic E-state index is 12.0. The molecule has 0 fully saturated rings. The monoisotopic (exact) mass is 299 g/mol. The summed E-state index contributed by atoms with van der Waals surface area (Å²) in [4.78, 5) is 16.2. The molecule has 1 aliphatic rings. The van der Waals surface area contributed by atoms with Crippen molar-refractivity contribution in [1.29, 1.82) is 0 Å². The summed E-state index contributed by atoms with van der Waals surface area (Å²) in [7, 11) is 3.05. The first-order valence-electron chi connectivity index (χ1n) is 6.50. The van der Waals surface area contributed by atoms with Gasteiger partial charge in [-0.2, -0.15) is 0 Å². The van der Waals surface area contributed by atoms with Crippen molar-refractivity contribution in [2.75, 3.05) is 14.2 Å². The van der Waals surface area contributed by atoms with E-state index >= 15 is 0 Å². The molecule has 3 rings (SSSR count). The van der Waals surface area contributed by atoms with E-state index in [1.54, 1.807) is 30.3 Å². The lowest BCUT2D eigenvalue weighted by Gasteiger charge is -2.11. The van der Waals surface area contributed by atoms with Gasteiger partial charge in [-0.15, -0.1) is 0 Å². The van der Waals surface area contributed by atoms with E-state index in [4.69, 9.17) is 18.6 Å². The first-order chi connectivity index (χ1) is 10.7. The van der Waals surface area contributed by atoms with Crippen LogP contribution in [0.5, 0.6) is 11.5 Å². The highest BCUT2D eigenvalue weighted by atomic mass is 16.6. The molecule has 0 unspecified atom stereocenters. The van der Waals surface area contributed by atoms with Gasteiger partial charge in [-0.25, -0.2) is 9.79 Å². The molecular weight excluding hydrogens is 286 g/mol. The summed E-state index contributed by atoms with van der Waals surface area (Å²) < 4.78 is 21.0. The number of furan rings is 1. The Kier molecular flexibility index (Phi) is 3.65. The van der Waals surface area contributed by atoms with Crippen molar-refractivity contribution in [2.24, 2.45) is 4.99 Å². The Morgan fingerprint density at radius 1 is 1.09 bits per heavy atom. The fourth-order valence-corrected chi connectivity index (χ4v) is 2.09. The molecule has 1 aromatic heterocycles. The van der Waals surface area contributed by atoms with Crippen LogP contribution in [0, 0.1) is 0 Å². The number of benzene rings is 1. The summed E-state index contributed by atoms with van der Waals surface area (Å²) in [5.74, 6) is 1.11. The maximum atomic E-state index is 12.0. The highest BCUT2D eigenvalue weighted by Gasteiger charge is 2.29. The number of ether oxygens (including phenoxy) is 3. The molecule has 2 aromatic rings. The smallest absolute Gasteiger partial charge is 0.363 e. The number of hydrogen-bond donors (Lipinski definition) is 0. The van der Waals surface area contributed by atoms with Gasteiger partial charge in [-0.3, -0.25) is 0 Å². The van der Waals surface area contributed by atoms with Crippen molar-refractivity contribution >= 4 is 17.9 Å². The third-order valence-electron chi connectivity index (χ3n) is 3.08. The molecule has 0 bridgehead atoms. The number of rotatable bonds is 4. The molecule has 1 aliphatic heterocycles. The third kappa shape index (κ3) is 2.46. The Labute approximate surface area is 126 Å². The van der Waals surface area contributed by atoms with Gasteiger partial charge < -0.3 is 18.6 Å². The van der Waals surface area contributed by atoms with E-state index in [0.717, 1.165) is 0 Å². The second-order valence-corrected chi connectivity index (χ2v) is 4.39. The summed E-state index contributed by atoms with van der Waals surface area (Å²) in [6.45, 7) is 0. The van der Waals surface area contributed by atoms with Crippen LogP contribution in [-0.2, 0) is 9.53 Å². The van der Waals surface area contributed by atoms with Gasteiger partial charge >= 0.3 is 5.97 Å². The largest absolute Gasteiger partial charge is 0.496 e. The van der Waals surface area contributed by atoms with Crippen LogP contribution in [0.1, 0.15) is 11.3 Å². The molecule has 6 heteroatoms. The van der Waals surface area contributed by atoms with Crippen LogP contribution in [-0.4, -0.2) is 26.1 Å². The zero-order chi connectivity index (χ0) is 15.5. The predicted octanol–water partition coefficient (Wildman–Crippen LogP) is 2.64. The number of hydrogen-bond acceptors (Lipinski definition) is 6. The maximum Gasteiger partial charge on any atom is 0.363 e. The molecule has 0 atom stereocenters. The second kappa shape index (κ2) is 5.77. The van der Waals surface area contributed by atoms with Crippen molar-refractivity contribution in [3.63, 3.8) is 0 Å². The van der Waals surface area contributed by atoms with E-state index in [9.17, 15) is 4.79 Å². The molecular formula is C16H13NO5. The molecule has 0 amide bonds. The van der Waals surface area contributed by atoms with Crippen LogP contribution in [0.4, 0.5) is 0 Å². The first-order valence-corrected chi connectivity index (χ1v) is 6.50. The molecule has 0 saturated heterocycles. The van der Waals surface area contributed by atoms with Gasteiger partial charge in [-0.05, 0) is 24.3 Å². The van der Waals surface area contributed by atoms with E-state index < -0.39 is 5.97 Å². The van der Waals surface area contributed by atoms with Gasteiger partial charge in [0.25, 0.3) is 0 Å².